The van der Waals surface area contributed by atoms with Gasteiger partial charge in [0, 0.05) is 60.8 Å². The largest absolute Gasteiger partial charge is 0.308 e. The third kappa shape index (κ3) is 8.60. The van der Waals surface area contributed by atoms with Gasteiger partial charge in [-0.25, -0.2) is 44.9 Å². The van der Waals surface area contributed by atoms with Gasteiger partial charge in [-0.1, -0.05) is 182 Å². The average Bonchev–Trinajstić information content (AvgIpc) is 3.84. The predicted octanol–water partition coefficient (Wildman–Crippen LogP) is 14.2. The van der Waals surface area contributed by atoms with Crippen LogP contribution in [-0.4, -0.2) is 49.4 Å². The first-order valence-corrected chi connectivity index (χ1v) is 24.3. The molecule has 13 aromatic rings. The molecule has 0 saturated carbocycles. The summed E-state index contributed by atoms with van der Waals surface area (Å²) >= 11 is 0. The summed E-state index contributed by atoms with van der Waals surface area (Å²) in [5, 5.41) is 12.3. The first kappa shape index (κ1) is 44.3. The molecule has 0 fully saturated rings. The Morgan fingerprint density at radius 2 is 0.547 bits per heavy atom. The zero-order valence-electron chi connectivity index (χ0n) is 39.9. The number of nitrogens with zero attached hydrogens (tertiary/aromatic N) is 11. The number of benzene rings is 9. The summed E-state index contributed by atoms with van der Waals surface area (Å²) in [4.78, 5) is 45.8. The van der Waals surface area contributed by atoms with Crippen molar-refractivity contribution in [2.75, 3.05) is 0 Å². The highest BCUT2D eigenvalue weighted by Gasteiger charge is 2.23. The molecule has 75 heavy (non-hydrogen) atoms. The van der Waals surface area contributed by atoms with Crippen molar-refractivity contribution >= 4 is 21.8 Å². The molecule has 0 saturated heterocycles. The quantitative estimate of drug-likeness (QED) is 0.130. The van der Waals surface area contributed by atoms with E-state index in [2.05, 4.69) is 34.9 Å². The van der Waals surface area contributed by atoms with E-state index in [1.165, 1.54) is 0 Å². The van der Waals surface area contributed by atoms with Gasteiger partial charge in [0.2, 0.25) is 0 Å². The van der Waals surface area contributed by atoms with Crippen LogP contribution in [0.4, 0.5) is 0 Å². The second-order valence-electron chi connectivity index (χ2n) is 17.8. The summed E-state index contributed by atoms with van der Waals surface area (Å²) < 4.78 is 2.18. The van der Waals surface area contributed by atoms with E-state index in [-0.39, 0.29) is 0 Å². The van der Waals surface area contributed by atoms with Gasteiger partial charge in [0.25, 0.3) is 0 Å². The van der Waals surface area contributed by atoms with Gasteiger partial charge in [-0.15, -0.1) is 0 Å². The van der Waals surface area contributed by atoms with Crippen molar-refractivity contribution in [3.63, 3.8) is 0 Å². The topological polar surface area (TPSA) is 145 Å². The summed E-state index contributed by atoms with van der Waals surface area (Å²) in [6.45, 7) is 0. The summed E-state index contributed by atoms with van der Waals surface area (Å²) in [5.41, 5.74) is 10.3. The van der Waals surface area contributed by atoms with Gasteiger partial charge in [-0.3, -0.25) is 0 Å². The Morgan fingerprint density at radius 1 is 0.267 bits per heavy atom. The zero-order chi connectivity index (χ0) is 50.1. The third-order valence-corrected chi connectivity index (χ3v) is 13.0. The lowest BCUT2D eigenvalue weighted by Crippen LogP contribution is -2.04. The average molecular weight is 962 g/mol. The van der Waals surface area contributed by atoms with Crippen molar-refractivity contribution < 1.29 is 0 Å². The predicted molar refractivity (Wildman–Crippen MR) is 295 cm³/mol. The van der Waals surface area contributed by atoms with Crippen molar-refractivity contribution in [3.8, 4) is 114 Å². The number of hydrogen-bond acceptors (Lipinski definition) is 10. The lowest BCUT2D eigenvalue weighted by Gasteiger charge is -2.15. The van der Waals surface area contributed by atoms with Crippen LogP contribution in [0.5, 0.6) is 0 Å². The van der Waals surface area contributed by atoms with Gasteiger partial charge in [0.05, 0.1) is 28.4 Å². The van der Waals surface area contributed by atoms with Gasteiger partial charge in [0.1, 0.15) is 0 Å². The second-order valence-corrected chi connectivity index (χ2v) is 17.8. The molecule has 0 bridgehead atoms. The highest BCUT2D eigenvalue weighted by Crippen LogP contribution is 2.40. The molecule has 0 spiro atoms. The van der Waals surface area contributed by atoms with E-state index in [1.54, 1.807) is 0 Å². The summed E-state index contributed by atoms with van der Waals surface area (Å²) in [7, 11) is 0. The van der Waals surface area contributed by atoms with Crippen LogP contribution in [0.25, 0.3) is 130 Å². The van der Waals surface area contributed by atoms with Gasteiger partial charge in [-0.2, -0.15) is 5.26 Å². The maximum absolute atomic E-state index is 10.5. The fourth-order valence-corrected chi connectivity index (χ4v) is 9.34. The van der Waals surface area contributed by atoms with E-state index < -0.39 is 0 Å². The van der Waals surface area contributed by atoms with Gasteiger partial charge >= 0.3 is 0 Å². The molecule has 0 N–H and O–H groups in total. The molecule has 11 nitrogen and oxygen atoms in total. The molecule has 13 rings (SSSR count). The lowest BCUT2D eigenvalue weighted by atomic mass is 10.1. The number of hydrogen-bond donors (Lipinski definition) is 0. The first-order chi connectivity index (χ1) is 37.1. The molecular weight excluding hydrogens is 923 g/mol. The Balaban J connectivity index is 1.07. The Hall–Kier alpha value is -10.7. The second kappa shape index (κ2) is 19.1. The van der Waals surface area contributed by atoms with Crippen LogP contribution >= 0.6 is 0 Å². The van der Waals surface area contributed by atoms with E-state index in [0.717, 1.165) is 66.3 Å². The highest BCUT2D eigenvalue weighted by atomic mass is 15.1. The molecule has 0 aliphatic heterocycles. The minimum absolute atomic E-state index is 0.449. The van der Waals surface area contributed by atoms with Crippen LogP contribution in [0.3, 0.4) is 0 Å². The van der Waals surface area contributed by atoms with Crippen molar-refractivity contribution in [2.24, 2.45) is 0 Å². The molecule has 4 aromatic heterocycles. The minimum atomic E-state index is 0.449. The molecule has 350 valence electrons. The van der Waals surface area contributed by atoms with Gasteiger partial charge < -0.3 is 4.57 Å². The van der Waals surface area contributed by atoms with Crippen LogP contribution in [0.2, 0.25) is 0 Å². The van der Waals surface area contributed by atoms with Crippen LogP contribution in [0.15, 0.2) is 237 Å². The standard InChI is InChI=1S/C64H39N11/c65-40-41-31-34-50(64-73-60(46-27-15-5-16-28-46)68-61(74-64)47-29-17-6-18-30-47)55(37-41)75-53-35-32-48(62-69-56(42-19-7-1-8-20-42)66-57(70-62)43-21-9-2-10-22-43)38-51(53)52-39-49(33-36-54(52)75)63-71-58(44-23-11-3-12-24-44)67-59(72-63)45-25-13-4-14-26-45/h1-39H. The summed E-state index contributed by atoms with van der Waals surface area (Å²) in [6, 6.07) is 80.2. The minimum Gasteiger partial charge on any atom is -0.308 e. The Bertz CT molecular complexity index is 3920. The van der Waals surface area contributed by atoms with E-state index in [1.807, 2.05) is 212 Å². The lowest BCUT2D eigenvalue weighted by molar-refractivity contribution is 1.06. The van der Waals surface area contributed by atoms with E-state index in [9.17, 15) is 5.26 Å². The van der Waals surface area contributed by atoms with E-state index >= 15 is 0 Å². The van der Waals surface area contributed by atoms with Gasteiger partial charge in [-0.05, 0) is 54.6 Å². The smallest absolute Gasteiger partial charge is 0.166 e. The molecule has 0 aliphatic carbocycles. The van der Waals surface area contributed by atoms with E-state index in [4.69, 9.17) is 44.9 Å². The van der Waals surface area contributed by atoms with Crippen molar-refractivity contribution in [1.29, 1.82) is 5.26 Å². The van der Waals surface area contributed by atoms with Crippen molar-refractivity contribution in [2.45, 2.75) is 0 Å². The number of fused-ring (bicyclic) bond motifs is 3. The Kier molecular flexibility index (Phi) is 11.3. The highest BCUT2D eigenvalue weighted by molar-refractivity contribution is 6.12. The van der Waals surface area contributed by atoms with Crippen LogP contribution in [0.1, 0.15) is 5.56 Å². The molecular formula is C64H39N11. The first-order valence-electron chi connectivity index (χ1n) is 24.3. The van der Waals surface area contributed by atoms with Gasteiger partial charge in [0.15, 0.2) is 52.4 Å². The third-order valence-electron chi connectivity index (χ3n) is 13.0. The van der Waals surface area contributed by atoms with Crippen LogP contribution in [-0.2, 0) is 0 Å². The molecule has 9 aromatic carbocycles. The van der Waals surface area contributed by atoms with Crippen molar-refractivity contribution in [1.82, 2.24) is 49.4 Å². The molecule has 4 heterocycles. The molecule has 0 unspecified atom stereocenters. The molecule has 0 atom stereocenters. The monoisotopic (exact) mass is 961 g/mol. The maximum Gasteiger partial charge on any atom is 0.166 e. The SMILES string of the molecule is N#Cc1ccc(-c2nc(-c3ccccc3)nc(-c3ccccc3)n2)c(-n2c3ccc(-c4nc(-c5ccccc5)nc(-c5ccccc5)n4)cc3c3cc(-c4nc(-c5ccccc5)nc(-c5ccccc5)n4)ccc32)c1. The number of rotatable bonds is 10. The zero-order valence-corrected chi connectivity index (χ0v) is 39.9. The fourth-order valence-electron chi connectivity index (χ4n) is 9.34. The molecule has 0 amide bonds. The van der Waals surface area contributed by atoms with Crippen LogP contribution < -0.4 is 0 Å². The summed E-state index contributed by atoms with van der Waals surface area (Å²) in [5.74, 6) is 4.75. The normalized spacial score (nSPS) is 11.2. The Labute approximate surface area is 431 Å². The maximum atomic E-state index is 10.5. The number of aromatic nitrogens is 10. The Morgan fingerprint density at radius 3 is 0.840 bits per heavy atom. The molecule has 0 aliphatic rings. The molecule has 11 heteroatoms. The summed E-state index contributed by atoms with van der Waals surface area (Å²) in [6.07, 6.45) is 0. The van der Waals surface area contributed by atoms with Crippen LogP contribution in [0, 0.1) is 11.3 Å². The van der Waals surface area contributed by atoms with Crippen molar-refractivity contribution in [3.05, 3.63) is 242 Å². The molecule has 0 radical (unpaired) electrons. The van der Waals surface area contributed by atoms with E-state index in [0.29, 0.717) is 69.2 Å². The number of nitriles is 1. The fraction of sp³-hybridized carbons (Fsp3) is 0.